The fourth-order valence-corrected chi connectivity index (χ4v) is 4.25. The van der Waals surface area contributed by atoms with Crippen LogP contribution in [0.15, 0.2) is 109 Å². The Morgan fingerprint density at radius 1 is 0.730 bits per heavy atom. The summed E-state index contributed by atoms with van der Waals surface area (Å²) in [6, 6.07) is 31.6. The second-order valence-corrected chi connectivity index (χ2v) is 9.30. The molecule has 37 heavy (non-hydrogen) atoms. The Bertz CT molecular complexity index is 1300. The smallest absolute Gasteiger partial charge is 0.243 e. The lowest BCUT2D eigenvalue weighted by Crippen LogP contribution is -2.50. The van der Waals surface area contributed by atoms with Crippen molar-refractivity contribution in [1.82, 2.24) is 10.2 Å². The minimum Gasteiger partial charge on any atom is -0.350 e. The predicted octanol–water partition coefficient (Wildman–Crippen LogP) is 5.98. The zero-order chi connectivity index (χ0) is 26.0. The second-order valence-electron chi connectivity index (χ2n) is 8.86. The van der Waals surface area contributed by atoms with Gasteiger partial charge in [-0.1, -0.05) is 96.5 Å². The van der Waals surface area contributed by atoms with Crippen LogP contribution in [0.4, 0.5) is 4.39 Å². The van der Waals surface area contributed by atoms with Crippen LogP contribution in [0.3, 0.4) is 0 Å². The lowest BCUT2D eigenvalue weighted by molar-refractivity contribution is -0.140. The lowest BCUT2D eigenvalue weighted by Gasteiger charge is -2.31. The van der Waals surface area contributed by atoms with E-state index in [1.807, 2.05) is 72.8 Å². The number of carbonyl (C=O) groups excluding carboxylic acids is 2. The maximum absolute atomic E-state index is 13.7. The first-order valence-electron chi connectivity index (χ1n) is 12.1. The van der Waals surface area contributed by atoms with E-state index in [4.69, 9.17) is 11.6 Å². The number of nitrogens with one attached hydrogen (secondary N) is 1. The number of hydrogen-bond donors (Lipinski definition) is 1. The first-order valence-corrected chi connectivity index (χ1v) is 12.5. The third-order valence-electron chi connectivity index (χ3n) is 6.12. The van der Waals surface area contributed by atoms with Crippen LogP contribution in [0.2, 0.25) is 5.02 Å². The normalized spacial score (nSPS) is 11.5. The highest BCUT2D eigenvalue weighted by Crippen LogP contribution is 2.18. The van der Waals surface area contributed by atoms with Gasteiger partial charge in [-0.15, -0.1) is 0 Å². The summed E-state index contributed by atoms with van der Waals surface area (Å²) >= 11 is 5.99. The summed E-state index contributed by atoms with van der Waals surface area (Å²) in [7, 11) is 0. The number of carbonyl (C=O) groups is 2. The van der Waals surface area contributed by atoms with Crippen molar-refractivity contribution in [2.24, 2.45) is 0 Å². The Hall–Kier alpha value is -3.96. The molecule has 0 aliphatic rings. The van der Waals surface area contributed by atoms with Crippen LogP contribution in [0.1, 0.15) is 22.3 Å². The highest BCUT2D eigenvalue weighted by atomic mass is 35.5. The Labute approximate surface area is 221 Å². The summed E-state index contributed by atoms with van der Waals surface area (Å²) in [4.78, 5) is 28.9. The molecule has 0 aliphatic heterocycles. The van der Waals surface area contributed by atoms with Crippen LogP contribution in [-0.2, 0) is 35.5 Å². The molecule has 0 saturated carbocycles. The van der Waals surface area contributed by atoms with Crippen LogP contribution in [-0.4, -0.2) is 22.8 Å². The summed E-state index contributed by atoms with van der Waals surface area (Å²) in [6.07, 6.45) is 0.493. The summed E-state index contributed by atoms with van der Waals surface area (Å²) < 4.78 is 13.6. The van der Waals surface area contributed by atoms with Gasteiger partial charge in [0.15, 0.2) is 0 Å². The Morgan fingerprint density at radius 3 is 1.92 bits per heavy atom. The molecule has 1 N–H and O–H groups in total. The number of benzene rings is 4. The van der Waals surface area contributed by atoms with Crippen LogP contribution < -0.4 is 5.32 Å². The van der Waals surface area contributed by atoms with Gasteiger partial charge >= 0.3 is 0 Å². The molecule has 0 saturated heterocycles. The zero-order valence-corrected chi connectivity index (χ0v) is 21.1. The third-order valence-corrected chi connectivity index (χ3v) is 6.37. The molecular formula is C31H28ClFN2O2. The molecule has 1 atom stereocenters. The number of amides is 2. The largest absolute Gasteiger partial charge is 0.350 e. The standard InChI is InChI=1S/C31H28ClFN2O2/c32-27-15-11-25(12-16-27)21-34-31(37)29(19-23-7-3-1-4-8-23)35(22-26-13-17-28(33)18-14-26)30(36)20-24-9-5-2-6-10-24/h1-18,29H,19-22H2,(H,34,37). The van der Waals surface area contributed by atoms with Crippen molar-refractivity contribution in [3.63, 3.8) is 0 Å². The van der Waals surface area contributed by atoms with Gasteiger partial charge in [0.1, 0.15) is 11.9 Å². The van der Waals surface area contributed by atoms with Gasteiger partial charge in [0.2, 0.25) is 11.8 Å². The number of halogens is 2. The molecular weight excluding hydrogens is 487 g/mol. The highest BCUT2D eigenvalue weighted by Gasteiger charge is 2.30. The van der Waals surface area contributed by atoms with E-state index >= 15 is 0 Å². The molecule has 0 aliphatic carbocycles. The molecule has 1 unspecified atom stereocenters. The van der Waals surface area contributed by atoms with E-state index < -0.39 is 6.04 Å². The fourth-order valence-electron chi connectivity index (χ4n) is 4.12. The van der Waals surface area contributed by atoms with E-state index in [1.54, 1.807) is 29.2 Å². The van der Waals surface area contributed by atoms with Gasteiger partial charge in [-0.25, -0.2) is 4.39 Å². The van der Waals surface area contributed by atoms with Gasteiger partial charge in [-0.3, -0.25) is 9.59 Å². The molecule has 188 valence electrons. The molecule has 4 aromatic carbocycles. The number of rotatable bonds is 10. The van der Waals surface area contributed by atoms with Crippen LogP contribution in [0, 0.1) is 5.82 Å². The van der Waals surface area contributed by atoms with Crippen molar-refractivity contribution in [3.05, 3.63) is 142 Å². The monoisotopic (exact) mass is 514 g/mol. The van der Waals surface area contributed by atoms with E-state index in [-0.39, 0.29) is 30.6 Å². The van der Waals surface area contributed by atoms with Crippen molar-refractivity contribution in [2.45, 2.75) is 32.0 Å². The molecule has 0 heterocycles. The maximum Gasteiger partial charge on any atom is 0.243 e. The first kappa shape index (κ1) is 26.1. The molecule has 0 radical (unpaired) electrons. The second kappa shape index (κ2) is 12.8. The van der Waals surface area contributed by atoms with E-state index in [2.05, 4.69) is 5.32 Å². The van der Waals surface area contributed by atoms with Crippen LogP contribution in [0.25, 0.3) is 0 Å². The van der Waals surface area contributed by atoms with Gasteiger partial charge in [0.05, 0.1) is 6.42 Å². The molecule has 0 spiro atoms. The molecule has 6 heteroatoms. The van der Waals surface area contributed by atoms with E-state index in [9.17, 15) is 14.0 Å². The van der Waals surface area contributed by atoms with Crippen LogP contribution in [0.5, 0.6) is 0 Å². The summed E-state index contributed by atoms with van der Waals surface area (Å²) in [5.74, 6) is -0.798. The first-order chi connectivity index (χ1) is 18.0. The van der Waals surface area contributed by atoms with Crippen molar-refractivity contribution < 1.29 is 14.0 Å². The zero-order valence-electron chi connectivity index (χ0n) is 20.3. The average Bonchev–Trinajstić information content (AvgIpc) is 2.92. The van der Waals surface area contributed by atoms with Gasteiger partial charge in [0, 0.05) is 24.5 Å². The lowest BCUT2D eigenvalue weighted by atomic mass is 10.0. The fraction of sp³-hybridized carbons (Fsp3) is 0.161. The molecule has 4 aromatic rings. The highest BCUT2D eigenvalue weighted by molar-refractivity contribution is 6.30. The number of nitrogens with zero attached hydrogens (tertiary/aromatic N) is 1. The van der Waals surface area contributed by atoms with Gasteiger partial charge in [-0.2, -0.15) is 0 Å². The minimum atomic E-state index is -0.768. The van der Waals surface area contributed by atoms with E-state index in [0.29, 0.717) is 18.0 Å². The maximum atomic E-state index is 13.7. The number of hydrogen-bond acceptors (Lipinski definition) is 2. The Morgan fingerprint density at radius 2 is 1.30 bits per heavy atom. The SMILES string of the molecule is O=C(NCc1ccc(Cl)cc1)C(Cc1ccccc1)N(Cc1ccc(F)cc1)C(=O)Cc1ccccc1. The average molecular weight is 515 g/mol. The minimum absolute atomic E-state index is 0.151. The van der Waals surface area contributed by atoms with Crippen LogP contribution >= 0.6 is 11.6 Å². The van der Waals surface area contributed by atoms with Crippen molar-refractivity contribution in [2.75, 3.05) is 0 Å². The van der Waals surface area contributed by atoms with Gasteiger partial charge < -0.3 is 10.2 Å². The quantitative estimate of drug-likeness (QED) is 0.283. The third kappa shape index (κ3) is 7.76. The molecule has 0 aromatic heterocycles. The van der Waals surface area contributed by atoms with Gasteiger partial charge in [0.25, 0.3) is 0 Å². The van der Waals surface area contributed by atoms with Crippen molar-refractivity contribution in [1.29, 1.82) is 0 Å². The summed E-state index contributed by atoms with van der Waals surface area (Å²) in [5.41, 5.74) is 3.44. The Kier molecular flexibility index (Phi) is 9.06. The van der Waals surface area contributed by atoms with Crippen molar-refractivity contribution in [3.8, 4) is 0 Å². The topological polar surface area (TPSA) is 49.4 Å². The van der Waals surface area contributed by atoms with E-state index in [1.165, 1.54) is 12.1 Å². The van der Waals surface area contributed by atoms with Gasteiger partial charge in [-0.05, 0) is 46.5 Å². The van der Waals surface area contributed by atoms with E-state index in [0.717, 1.165) is 22.3 Å². The van der Waals surface area contributed by atoms with Crippen molar-refractivity contribution >= 4 is 23.4 Å². The summed E-state index contributed by atoms with van der Waals surface area (Å²) in [6.45, 7) is 0.483. The molecule has 0 bridgehead atoms. The summed E-state index contributed by atoms with van der Waals surface area (Å²) in [5, 5.41) is 3.62. The predicted molar refractivity (Wildman–Crippen MR) is 144 cm³/mol. The molecule has 0 fully saturated rings. The molecule has 2 amide bonds. The molecule has 4 rings (SSSR count). The Balaban J connectivity index is 1.63. The molecule has 4 nitrogen and oxygen atoms in total.